The van der Waals surface area contributed by atoms with E-state index in [1.165, 1.54) is 0 Å². The highest BCUT2D eigenvalue weighted by Gasteiger charge is 2.24. The van der Waals surface area contributed by atoms with Crippen molar-refractivity contribution in [3.63, 3.8) is 0 Å². The number of carbonyl (C=O) groups is 2. The van der Waals surface area contributed by atoms with E-state index in [2.05, 4.69) is 0 Å². The minimum Gasteiger partial charge on any atom is -0.273 e. The minimum atomic E-state index is -0.235. The predicted molar refractivity (Wildman–Crippen MR) is 179 cm³/mol. The molecule has 0 N–H and O–H groups in total. The number of nitrogens with zero attached hydrogens (tertiary/aromatic N) is 4. The van der Waals surface area contributed by atoms with Crippen molar-refractivity contribution in [1.82, 2.24) is 10.0 Å². The molecule has 4 rings (SSSR count). The molecule has 0 aliphatic rings. The number of hydrogen-bond acceptors (Lipinski definition) is 4. The van der Waals surface area contributed by atoms with E-state index in [-0.39, 0.29) is 36.7 Å². The van der Waals surface area contributed by atoms with Gasteiger partial charge in [0.2, 0.25) is 11.8 Å². The predicted octanol–water partition coefficient (Wildman–Crippen LogP) is 8.57. The molecule has 0 spiro atoms. The van der Waals surface area contributed by atoms with Gasteiger partial charge >= 0.3 is 0 Å². The van der Waals surface area contributed by atoms with Gasteiger partial charge in [-0.05, 0) is 62.8 Å². The van der Waals surface area contributed by atoms with Gasteiger partial charge in [0.15, 0.2) is 0 Å². The highest BCUT2D eigenvalue weighted by Crippen LogP contribution is 2.25. The van der Waals surface area contributed by atoms with Crippen molar-refractivity contribution in [3.05, 3.63) is 144 Å². The van der Waals surface area contributed by atoms with E-state index in [0.29, 0.717) is 12.8 Å². The van der Waals surface area contributed by atoms with E-state index in [1.54, 1.807) is 10.0 Å². The summed E-state index contributed by atoms with van der Waals surface area (Å²) >= 11 is 0. The number of hydrazone groups is 2. The lowest BCUT2D eigenvalue weighted by molar-refractivity contribution is -0.135. The molecule has 4 aromatic carbocycles. The molecule has 0 aromatic heterocycles. The van der Waals surface area contributed by atoms with Crippen LogP contribution in [0.3, 0.4) is 0 Å². The number of unbranched alkanes of at least 4 members (excludes halogenated alkanes) is 1. The average Bonchev–Trinajstić information content (AvgIpc) is 3.08. The second-order valence-electron chi connectivity index (χ2n) is 11.0. The molecule has 0 fully saturated rings. The van der Waals surface area contributed by atoms with Crippen molar-refractivity contribution < 1.29 is 9.59 Å². The second-order valence-corrected chi connectivity index (χ2v) is 11.0. The molecule has 0 saturated heterocycles. The van der Waals surface area contributed by atoms with Crippen molar-refractivity contribution in [2.24, 2.45) is 10.2 Å². The molecule has 6 heteroatoms. The number of hydrogen-bond donors (Lipinski definition) is 0. The molecule has 0 bridgehead atoms. The van der Waals surface area contributed by atoms with Crippen LogP contribution < -0.4 is 0 Å². The fraction of sp³-hybridized carbons (Fsp3) is 0.263. The molecule has 2 atom stereocenters. The Hall–Kier alpha value is -4.84. The second kappa shape index (κ2) is 16.1. The lowest BCUT2D eigenvalue weighted by atomic mass is 10.1. The Labute approximate surface area is 261 Å². The Morgan fingerprint density at radius 2 is 0.818 bits per heavy atom. The van der Waals surface area contributed by atoms with E-state index < -0.39 is 0 Å². The largest absolute Gasteiger partial charge is 0.273 e. The zero-order valence-electron chi connectivity index (χ0n) is 26.1. The maximum atomic E-state index is 13.6. The molecule has 4 aromatic rings. The molecule has 0 aliphatic carbocycles. The first-order valence-corrected chi connectivity index (χ1v) is 15.3. The maximum Gasteiger partial charge on any atom is 0.243 e. The van der Waals surface area contributed by atoms with Crippen molar-refractivity contribution in [3.8, 4) is 0 Å². The number of benzene rings is 4. The zero-order chi connectivity index (χ0) is 31.3. The van der Waals surface area contributed by atoms with E-state index in [1.807, 2.05) is 149 Å². The molecule has 0 radical (unpaired) electrons. The third-order valence-corrected chi connectivity index (χ3v) is 7.74. The molecule has 0 saturated carbocycles. The summed E-state index contributed by atoms with van der Waals surface area (Å²) in [6.45, 7) is 7.84. The topological polar surface area (TPSA) is 65.3 Å². The number of rotatable bonds is 13. The van der Waals surface area contributed by atoms with Gasteiger partial charge in [0, 0.05) is 12.8 Å². The van der Waals surface area contributed by atoms with E-state index in [0.717, 1.165) is 33.7 Å². The van der Waals surface area contributed by atoms with Crippen LogP contribution in [0.4, 0.5) is 0 Å². The van der Waals surface area contributed by atoms with Gasteiger partial charge in [-0.2, -0.15) is 10.2 Å². The Bertz CT molecular complexity index is 1420. The fourth-order valence-corrected chi connectivity index (χ4v) is 5.04. The van der Waals surface area contributed by atoms with Gasteiger partial charge in [0.25, 0.3) is 0 Å². The molecule has 44 heavy (non-hydrogen) atoms. The fourth-order valence-electron chi connectivity index (χ4n) is 5.04. The van der Waals surface area contributed by atoms with Crippen LogP contribution in [0.5, 0.6) is 0 Å². The monoisotopic (exact) mass is 586 g/mol. The first kappa shape index (κ1) is 32.1. The Morgan fingerprint density at radius 1 is 0.523 bits per heavy atom. The third kappa shape index (κ3) is 8.83. The van der Waals surface area contributed by atoms with E-state index in [4.69, 9.17) is 10.2 Å². The quantitative estimate of drug-likeness (QED) is 0.0895. The van der Waals surface area contributed by atoms with Gasteiger partial charge < -0.3 is 0 Å². The molecule has 2 unspecified atom stereocenters. The molecule has 6 nitrogen and oxygen atoms in total. The Balaban J connectivity index is 1.45. The third-order valence-electron chi connectivity index (χ3n) is 7.74. The lowest BCUT2D eigenvalue weighted by Crippen LogP contribution is -2.31. The number of amides is 2. The smallest absolute Gasteiger partial charge is 0.243 e. The summed E-state index contributed by atoms with van der Waals surface area (Å²) in [6.07, 6.45) is 1.71. The van der Waals surface area contributed by atoms with Gasteiger partial charge in [0.1, 0.15) is 0 Å². The molecular weight excluding hydrogens is 544 g/mol. The summed E-state index contributed by atoms with van der Waals surface area (Å²) in [5.74, 6) is -0.145. The van der Waals surface area contributed by atoms with Crippen LogP contribution in [-0.4, -0.2) is 33.3 Å². The van der Waals surface area contributed by atoms with Crippen LogP contribution >= 0.6 is 0 Å². The minimum absolute atomic E-state index is 0.0727. The van der Waals surface area contributed by atoms with E-state index >= 15 is 0 Å². The normalized spacial score (nSPS) is 13.2. The van der Waals surface area contributed by atoms with Crippen LogP contribution in [0.1, 0.15) is 87.7 Å². The summed E-state index contributed by atoms with van der Waals surface area (Å²) in [5.41, 5.74) is 5.50. The summed E-state index contributed by atoms with van der Waals surface area (Å²) in [6, 6.07) is 39.1. The van der Waals surface area contributed by atoms with Gasteiger partial charge in [0.05, 0.1) is 23.5 Å². The summed E-state index contributed by atoms with van der Waals surface area (Å²) in [4.78, 5) is 27.2. The van der Waals surface area contributed by atoms with E-state index in [9.17, 15) is 9.59 Å². The molecular formula is C38H42N4O2. The summed E-state index contributed by atoms with van der Waals surface area (Å²) < 4.78 is 0. The first-order chi connectivity index (χ1) is 21.3. The Morgan fingerprint density at radius 3 is 1.14 bits per heavy atom. The van der Waals surface area contributed by atoms with Crippen LogP contribution in [0.2, 0.25) is 0 Å². The van der Waals surface area contributed by atoms with Crippen LogP contribution in [0.25, 0.3) is 0 Å². The zero-order valence-corrected chi connectivity index (χ0v) is 26.1. The van der Waals surface area contributed by atoms with Gasteiger partial charge in [-0.25, -0.2) is 10.0 Å². The van der Waals surface area contributed by atoms with Gasteiger partial charge in [-0.3, -0.25) is 9.59 Å². The highest BCUT2D eigenvalue weighted by atomic mass is 16.2. The van der Waals surface area contributed by atoms with Crippen LogP contribution in [-0.2, 0) is 9.59 Å². The molecule has 2 amide bonds. The first-order valence-electron chi connectivity index (χ1n) is 15.3. The summed E-state index contributed by atoms with van der Waals surface area (Å²) in [7, 11) is 0. The molecule has 0 heterocycles. The van der Waals surface area contributed by atoms with Crippen molar-refractivity contribution in [1.29, 1.82) is 0 Å². The molecule has 226 valence electrons. The van der Waals surface area contributed by atoms with Gasteiger partial charge in [-0.15, -0.1) is 0 Å². The highest BCUT2D eigenvalue weighted by molar-refractivity contribution is 5.99. The van der Waals surface area contributed by atoms with Gasteiger partial charge in [-0.1, -0.05) is 121 Å². The van der Waals surface area contributed by atoms with Crippen LogP contribution in [0, 0.1) is 0 Å². The van der Waals surface area contributed by atoms with Crippen LogP contribution in [0.15, 0.2) is 132 Å². The van der Waals surface area contributed by atoms with Crippen molar-refractivity contribution in [2.75, 3.05) is 0 Å². The average molecular weight is 587 g/mol. The standard InChI is InChI=1S/C38H42N4O2/c1-29(33-19-9-5-10-20-33)39-41(31(3)35-23-13-7-14-24-35)37(43)27-17-18-28-38(44)42(32(4)36-25-15-8-16-26-36)40-30(2)34-21-11-6-12-22-34/h5-16,19-26,31-32H,17-18,27-28H2,1-4H3. The molecule has 0 aliphatic heterocycles. The van der Waals surface area contributed by atoms with Crippen molar-refractivity contribution >= 4 is 23.2 Å². The van der Waals surface area contributed by atoms with Crippen molar-refractivity contribution in [2.45, 2.75) is 65.5 Å². The maximum absolute atomic E-state index is 13.6. The summed E-state index contributed by atoms with van der Waals surface area (Å²) in [5, 5.41) is 12.8. The number of carbonyl (C=O) groups excluding carboxylic acids is 2. The SMILES string of the molecule is CC(=NN(C(=O)CCCCC(=O)N(N=C(C)c1ccccc1)C(C)c1ccccc1)C(C)c1ccccc1)c1ccccc1. The Kier molecular flexibility index (Phi) is 11.8. The lowest BCUT2D eigenvalue weighted by Gasteiger charge is -2.26.